The highest BCUT2D eigenvalue weighted by atomic mass is 16.5. The minimum absolute atomic E-state index is 0.146. The Morgan fingerprint density at radius 1 is 0.667 bits per heavy atom. The number of unbranched alkanes of at least 4 members (excludes halogenated alkanes) is 15. The van der Waals surface area contributed by atoms with Crippen LogP contribution >= 0.6 is 0 Å². The number of hydrogen-bond acceptors (Lipinski definition) is 3. The molecule has 0 aliphatic carbocycles. The van der Waals surface area contributed by atoms with Crippen molar-refractivity contribution in [1.82, 2.24) is 0 Å². The third-order valence-corrected chi connectivity index (χ3v) is 5.29. The Morgan fingerprint density at radius 2 is 1.07 bits per heavy atom. The smallest absolute Gasteiger partial charge is 0.308 e. The van der Waals surface area contributed by atoms with Crippen LogP contribution < -0.4 is 0 Å². The van der Waals surface area contributed by atoms with Crippen LogP contribution in [0.2, 0.25) is 0 Å². The highest BCUT2D eigenvalue weighted by molar-refractivity contribution is 5.69. The van der Waals surface area contributed by atoms with Crippen LogP contribution in [0.15, 0.2) is 0 Å². The molecule has 3 nitrogen and oxygen atoms in total. The average Bonchev–Trinajstić information content (AvgIpc) is 2.64. The number of hydrogen-bond donors (Lipinski definition) is 1. The molecular formula is C24H48O3. The van der Waals surface area contributed by atoms with Crippen LogP contribution in [0.25, 0.3) is 0 Å². The van der Waals surface area contributed by atoms with Crippen molar-refractivity contribution in [3.63, 3.8) is 0 Å². The molecule has 3 heteroatoms. The number of carbonyl (C=O) groups excluding carboxylic acids is 1. The van der Waals surface area contributed by atoms with Crippen LogP contribution in [0.4, 0.5) is 0 Å². The fourth-order valence-electron chi connectivity index (χ4n) is 3.52. The quantitative estimate of drug-likeness (QED) is 0.166. The SMILES string of the molecule is CCCCCCCCCCCCCCCCCCOC(=O)CC(O)CCC. The summed E-state index contributed by atoms with van der Waals surface area (Å²) in [4.78, 5) is 11.5. The summed E-state index contributed by atoms with van der Waals surface area (Å²) < 4.78 is 5.18. The zero-order chi connectivity index (χ0) is 20.0. The summed E-state index contributed by atoms with van der Waals surface area (Å²) in [6.45, 7) is 4.79. The van der Waals surface area contributed by atoms with Crippen molar-refractivity contribution in [2.45, 2.75) is 142 Å². The van der Waals surface area contributed by atoms with Gasteiger partial charge in [0.15, 0.2) is 0 Å². The Balaban J connectivity index is 3.13. The largest absolute Gasteiger partial charge is 0.466 e. The van der Waals surface area contributed by atoms with Crippen molar-refractivity contribution < 1.29 is 14.6 Å². The van der Waals surface area contributed by atoms with Gasteiger partial charge in [0, 0.05) is 0 Å². The van der Waals surface area contributed by atoms with Gasteiger partial charge >= 0.3 is 5.97 Å². The van der Waals surface area contributed by atoms with Gasteiger partial charge in [-0.3, -0.25) is 4.79 Å². The molecule has 1 unspecified atom stereocenters. The van der Waals surface area contributed by atoms with Crippen molar-refractivity contribution >= 4 is 5.97 Å². The lowest BCUT2D eigenvalue weighted by Crippen LogP contribution is -2.15. The summed E-state index contributed by atoms with van der Waals surface area (Å²) in [6, 6.07) is 0. The van der Waals surface area contributed by atoms with Gasteiger partial charge in [-0.2, -0.15) is 0 Å². The average molecular weight is 385 g/mol. The van der Waals surface area contributed by atoms with Crippen molar-refractivity contribution in [2.75, 3.05) is 6.61 Å². The van der Waals surface area contributed by atoms with E-state index in [0.717, 1.165) is 19.3 Å². The second-order valence-electron chi connectivity index (χ2n) is 8.17. The molecule has 0 aromatic carbocycles. The Hall–Kier alpha value is -0.570. The number of carbonyl (C=O) groups is 1. The van der Waals surface area contributed by atoms with Crippen LogP contribution in [-0.4, -0.2) is 23.8 Å². The summed E-state index contributed by atoms with van der Waals surface area (Å²) in [6.07, 6.45) is 22.7. The van der Waals surface area contributed by atoms with E-state index in [1.807, 2.05) is 6.92 Å². The van der Waals surface area contributed by atoms with Gasteiger partial charge in [-0.1, -0.05) is 117 Å². The van der Waals surface area contributed by atoms with E-state index < -0.39 is 6.10 Å². The summed E-state index contributed by atoms with van der Waals surface area (Å²) in [7, 11) is 0. The molecule has 162 valence electrons. The molecule has 0 fully saturated rings. The Morgan fingerprint density at radius 3 is 1.48 bits per heavy atom. The number of ether oxygens (including phenoxy) is 1. The van der Waals surface area contributed by atoms with E-state index in [0.29, 0.717) is 13.0 Å². The molecule has 0 spiro atoms. The normalized spacial score (nSPS) is 12.3. The maximum Gasteiger partial charge on any atom is 0.308 e. The van der Waals surface area contributed by atoms with E-state index in [4.69, 9.17) is 4.74 Å². The summed E-state index contributed by atoms with van der Waals surface area (Å²) in [5, 5.41) is 9.56. The molecule has 0 saturated heterocycles. The van der Waals surface area contributed by atoms with Crippen molar-refractivity contribution in [3.05, 3.63) is 0 Å². The lowest BCUT2D eigenvalue weighted by atomic mass is 10.0. The van der Waals surface area contributed by atoms with Gasteiger partial charge in [0.25, 0.3) is 0 Å². The molecule has 0 saturated carbocycles. The zero-order valence-corrected chi connectivity index (χ0v) is 18.5. The Kier molecular flexibility index (Phi) is 21.3. The van der Waals surface area contributed by atoms with Gasteiger partial charge in [0.1, 0.15) is 0 Å². The lowest BCUT2D eigenvalue weighted by Gasteiger charge is -2.09. The Bertz CT molecular complexity index is 304. The fraction of sp³-hybridized carbons (Fsp3) is 0.958. The highest BCUT2D eigenvalue weighted by Crippen LogP contribution is 2.13. The van der Waals surface area contributed by atoms with E-state index in [9.17, 15) is 9.90 Å². The molecule has 1 atom stereocenters. The molecule has 0 aliphatic heterocycles. The van der Waals surface area contributed by atoms with E-state index in [-0.39, 0.29) is 12.4 Å². The van der Waals surface area contributed by atoms with Gasteiger partial charge in [0.05, 0.1) is 19.1 Å². The standard InChI is InChI=1S/C24H48O3/c1-3-5-6-7-8-9-10-11-12-13-14-15-16-17-18-19-21-27-24(26)22-23(25)20-4-2/h23,25H,3-22H2,1-2H3. The first-order valence-corrected chi connectivity index (χ1v) is 12.0. The molecule has 0 heterocycles. The van der Waals surface area contributed by atoms with Crippen LogP contribution in [0.5, 0.6) is 0 Å². The third-order valence-electron chi connectivity index (χ3n) is 5.29. The van der Waals surface area contributed by atoms with Gasteiger partial charge in [-0.05, 0) is 12.8 Å². The number of aliphatic hydroxyl groups excluding tert-OH is 1. The number of esters is 1. The topological polar surface area (TPSA) is 46.5 Å². The minimum Gasteiger partial charge on any atom is -0.466 e. The van der Waals surface area contributed by atoms with Crippen LogP contribution in [0.3, 0.4) is 0 Å². The van der Waals surface area contributed by atoms with Gasteiger partial charge in [0.2, 0.25) is 0 Å². The van der Waals surface area contributed by atoms with E-state index in [1.54, 1.807) is 0 Å². The zero-order valence-electron chi connectivity index (χ0n) is 18.5. The van der Waals surface area contributed by atoms with Gasteiger partial charge in [-0.25, -0.2) is 0 Å². The molecule has 0 radical (unpaired) electrons. The second-order valence-corrected chi connectivity index (χ2v) is 8.17. The molecular weight excluding hydrogens is 336 g/mol. The maximum atomic E-state index is 11.5. The summed E-state index contributed by atoms with van der Waals surface area (Å²) >= 11 is 0. The second kappa shape index (κ2) is 21.7. The van der Waals surface area contributed by atoms with Gasteiger partial charge in [-0.15, -0.1) is 0 Å². The fourth-order valence-corrected chi connectivity index (χ4v) is 3.52. The van der Waals surface area contributed by atoms with Crippen LogP contribution in [-0.2, 0) is 9.53 Å². The summed E-state index contributed by atoms with van der Waals surface area (Å²) in [5.41, 5.74) is 0. The van der Waals surface area contributed by atoms with E-state index >= 15 is 0 Å². The minimum atomic E-state index is -0.534. The number of aliphatic hydroxyl groups is 1. The third kappa shape index (κ3) is 21.6. The van der Waals surface area contributed by atoms with Crippen molar-refractivity contribution in [3.8, 4) is 0 Å². The summed E-state index contributed by atoms with van der Waals surface area (Å²) in [5.74, 6) is -0.253. The van der Waals surface area contributed by atoms with Gasteiger partial charge < -0.3 is 9.84 Å². The van der Waals surface area contributed by atoms with Crippen LogP contribution in [0.1, 0.15) is 136 Å². The predicted molar refractivity (Wildman–Crippen MR) is 116 cm³/mol. The predicted octanol–water partition coefficient (Wildman–Crippen LogP) is 7.34. The molecule has 0 rings (SSSR count). The molecule has 0 bridgehead atoms. The molecule has 0 aliphatic rings. The first kappa shape index (κ1) is 26.4. The molecule has 0 aromatic heterocycles. The molecule has 0 aromatic rings. The monoisotopic (exact) mass is 384 g/mol. The van der Waals surface area contributed by atoms with Crippen molar-refractivity contribution in [1.29, 1.82) is 0 Å². The lowest BCUT2D eigenvalue weighted by molar-refractivity contribution is -0.146. The molecule has 1 N–H and O–H groups in total. The highest BCUT2D eigenvalue weighted by Gasteiger charge is 2.10. The first-order valence-electron chi connectivity index (χ1n) is 12.0. The van der Waals surface area contributed by atoms with E-state index in [1.165, 1.54) is 89.9 Å². The molecule has 0 amide bonds. The Labute approximate surface area is 169 Å². The maximum absolute atomic E-state index is 11.5. The van der Waals surface area contributed by atoms with Crippen molar-refractivity contribution in [2.24, 2.45) is 0 Å². The van der Waals surface area contributed by atoms with E-state index in [2.05, 4.69) is 6.92 Å². The first-order chi connectivity index (χ1) is 13.2. The van der Waals surface area contributed by atoms with Crippen LogP contribution in [0, 0.1) is 0 Å². The molecule has 27 heavy (non-hydrogen) atoms. The number of rotatable bonds is 21.